The Morgan fingerprint density at radius 2 is 2.00 bits per heavy atom. The Morgan fingerprint density at radius 3 is 2.69 bits per heavy atom. The van der Waals surface area contributed by atoms with Crippen LogP contribution < -0.4 is 11.2 Å². The molecule has 2 N–H and O–H groups in total. The first-order chi connectivity index (χ1) is 5.66. The number of aromatic amines is 2. The molecule has 0 saturated carbocycles. The fraction of sp³-hybridized carbons (Fsp3) is 0.167. The lowest BCUT2D eigenvalue weighted by Gasteiger charge is -1.83. The van der Waals surface area contributed by atoms with Crippen molar-refractivity contribution >= 4 is 38.7 Å². The molecular weight excluding hydrogens is 258 g/mol. The molecule has 0 aliphatic carbocycles. The Kier molecular flexibility index (Phi) is 2.67. The minimum absolute atomic E-state index is 0. The van der Waals surface area contributed by atoms with Crippen LogP contribution in [0.15, 0.2) is 9.59 Å². The largest absolute Gasteiger partial charge is 0.327 e. The van der Waals surface area contributed by atoms with E-state index < -0.39 is 5.69 Å². The van der Waals surface area contributed by atoms with Crippen LogP contribution in [0.4, 0.5) is 0 Å². The molecule has 0 saturated heterocycles. The number of fused-ring (bicyclic) bond motifs is 1. The van der Waals surface area contributed by atoms with E-state index in [0.717, 1.165) is 5.01 Å². The summed E-state index contributed by atoms with van der Waals surface area (Å²) in [6, 6.07) is 0. The second-order valence-electron chi connectivity index (χ2n) is 2.32. The third-order valence-corrected chi connectivity index (χ3v) is 2.37. The van der Waals surface area contributed by atoms with Crippen LogP contribution in [0.3, 0.4) is 0 Å². The summed E-state index contributed by atoms with van der Waals surface area (Å²) in [5.41, 5.74) is -0.525. The van der Waals surface area contributed by atoms with Gasteiger partial charge in [0.15, 0.2) is 5.65 Å². The van der Waals surface area contributed by atoms with Gasteiger partial charge in [0, 0.05) is 0 Å². The molecule has 7 heteroatoms. The van der Waals surface area contributed by atoms with Crippen LogP contribution in [0.5, 0.6) is 0 Å². The average Bonchev–Trinajstić information content (AvgIpc) is 2.29. The van der Waals surface area contributed by atoms with E-state index in [1.165, 1.54) is 11.3 Å². The van der Waals surface area contributed by atoms with E-state index >= 15 is 0 Å². The Labute approximate surface area is 86.6 Å². The predicted molar refractivity (Wildman–Crippen MR) is 55.9 cm³/mol. The maximum absolute atomic E-state index is 11.1. The molecule has 0 aliphatic rings. The van der Waals surface area contributed by atoms with E-state index in [4.69, 9.17) is 0 Å². The van der Waals surface area contributed by atoms with Crippen molar-refractivity contribution in [3.05, 3.63) is 25.8 Å². The van der Waals surface area contributed by atoms with Crippen molar-refractivity contribution in [2.75, 3.05) is 0 Å². The number of aryl methyl sites for hydroxylation is 1. The van der Waals surface area contributed by atoms with E-state index in [0.29, 0.717) is 10.3 Å². The smallest absolute Gasteiger partial charge is 0.291 e. The Morgan fingerprint density at radius 1 is 1.31 bits per heavy atom. The number of halogens is 1. The summed E-state index contributed by atoms with van der Waals surface area (Å²) < 4.78 is 0.465. The molecule has 13 heavy (non-hydrogen) atoms. The molecule has 70 valence electrons. The molecule has 2 heterocycles. The molecule has 0 bridgehead atoms. The minimum atomic E-state index is -0.516. The summed E-state index contributed by atoms with van der Waals surface area (Å²) in [5, 5.41) is 0.761. The predicted octanol–water partition coefficient (Wildman–Crippen LogP) is 0.559. The molecule has 0 atom stereocenters. The van der Waals surface area contributed by atoms with E-state index in [2.05, 4.69) is 15.0 Å². The van der Waals surface area contributed by atoms with E-state index in [9.17, 15) is 9.59 Å². The Balaban J connectivity index is 0.000000845. The summed E-state index contributed by atoms with van der Waals surface area (Å²) >= 11 is 1.26. The summed E-state index contributed by atoms with van der Waals surface area (Å²) in [6.07, 6.45) is 0. The van der Waals surface area contributed by atoms with Gasteiger partial charge in [-0.2, -0.15) is 0 Å². The molecular formula is C6H6BrN3O2S. The third-order valence-electron chi connectivity index (χ3n) is 1.40. The molecule has 0 spiro atoms. The molecule has 0 fully saturated rings. The lowest BCUT2D eigenvalue weighted by molar-refractivity contribution is 1.07. The molecule has 0 amide bonds. The highest BCUT2D eigenvalue weighted by molar-refractivity contribution is 8.93. The van der Waals surface area contributed by atoms with Gasteiger partial charge < -0.3 is 0 Å². The SMILES string of the molecule is Br.Cc1nc2[nH]c(=O)[nH]c(=O)c2s1. The topological polar surface area (TPSA) is 78.6 Å². The number of thiazole rings is 1. The van der Waals surface area contributed by atoms with Crippen LogP contribution in [0.2, 0.25) is 0 Å². The molecule has 0 unspecified atom stereocenters. The highest BCUT2D eigenvalue weighted by Gasteiger charge is 2.04. The fourth-order valence-corrected chi connectivity index (χ4v) is 1.73. The van der Waals surface area contributed by atoms with Crippen molar-refractivity contribution in [3.63, 3.8) is 0 Å². The standard InChI is InChI=1S/C6H5N3O2S.BrH/c1-2-7-4-3(12-2)5(10)9-6(11)8-4;/h1H3,(H2,8,9,10,11);1H. The quantitative estimate of drug-likeness (QED) is 0.729. The molecule has 2 aromatic heterocycles. The minimum Gasteiger partial charge on any atom is -0.291 e. The van der Waals surface area contributed by atoms with Gasteiger partial charge in [-0.25, -0.2) is 9.78 Å². The first-order valence-corrected chi connectivity index (χ1v) is 4.08. The van der Waals surface area contributed by atoms with E-state index in [-0.39, 0.29) is 22.5 Å². The first-order valence-electron chi connectivity index (χ1n) is 3.26. The van der Waals surface area contributed by atoms with Gasteiger partial charge >= 0.3 is 5.69 Å². The van der Waals surface area contributed by atoms with Crippen LogP contribution in [-0.2, 0) is 0 Å². The molecule has 5 nitrogen and oxygen atoms in total. The zero-order valence-corrected chi connectivity index (χ0v) is 9.11. The van der Waals surface area contributed by atoms with Crippen LogP contribution in [0, 0.1) is 6.92 Å². The lowest BCUT2D eigenvalue weighted by atomic mass is 10.6. The summed E-state index contributed by atoms with van der Waals surface area (Å²) in [6.45, 7) is 1.78. The number of hydrogen-bond acceptors (Lipinski definition) is 4. The Hall–Kier alpha value is -0.950. The Bertz CT molecular complexity index is 541. The van der Waals surface area contributed by atoms with Crippen LogP contribution >= 0.6 is 28.3 Å². The van der Waals surface area contributed by atoms with Crippen molar-refractivity contribution in [1.82, 2.24) is 15.0 Å². The zero-order valence-electron chi connectivity index (χ0n) is 6.58. The van der Waals surface area contributed by atoms with Gasteiger partial charge in [-0.1, -0.05) is 0 Å². The summed E-state index contributed by atoms with van der Waals surface area (Å²) in [7, 11) is 0. The number of rotatable bonds is 0. The van der Waals surface area contributed by atoms with Gasteiger partial charge in [-0.3, -0.25) is 14.8 Å². The van der Waals surface area contributed by atoms with Crippen molar-refractivity contribution in [3.8, 4) is 0 Å². The first kappa shape index (κ1) is 10.1. The number of hydrogen-bond donors (Lipinski definition) is 2. The summed E-state index contributed by atoms with van der Waals surface area (Å²) in [5.74, 6) is 0. The average molecular weight is 264 g/mol. The molecule has 2 aromatic rings. The van der Waals surface area contributed by atoms with Crippen LogP contribution in [0.25, 0.3) is 10.3 Å². The van der Waals surface area contributed by atoms with Gasteiger partial charge in [0.1, 0.15) is 4.70 Å². The van der Waals surface area contributed by atoms with Gasteiger partial charge in [0.25, 0.3) is 5.56 Å². The third kappa shape index (κ3) is 1.70. The second-order valence-corrected chi connectivity index (χ2v) is 3.52. The summed E-state index contributed by atoms with van der Waals surface area (Å²) in [4.78, 5) is 30.4. The van der Waals surface area contributed by atoms with Crippen molar-refractivity contribution in [2.45, 2.75) is 6.92 Å². The van der Waals surface area contributed by atoms with E-state index in [1.54, 1.807) is 6.92 Å². The normalized spacial score (nSPS) is 9.92. The van der Waals surface area contributed by atoms with Gasteiger partial charge in [-0.05, 0) is 6.92 Å². The molecule has 0 aliphatic heterocycles. The second kappa shape index (κ2) is 3.43. The fourth-order valence-electron chi connectivity index (χ4n) is 0.964. The maximum Gasteiger partial charge on any atom is 0.327 e. The van der Waals surface area contributed by atoms with Crippen molar-refractivity contribution in [2.24, 2.45) is 0 Å². The highest BCUT2D eigenvalue weighted by atomic mass is 79.9. The van der Waals surface area contributed by atoms with Crippen molar-refractivity contribution < 1.29 is 0 Å². The highest BCUT2D eigenvalue weighted by Crippen LogP contribution is 2.13. The van der Waals surface area contributed by atoms with Crippen LogP contribution in [0.1, 0.15) is 5.01 Å². The number of H-pyrrole nitrogens is 2. The van der Waals surface area contributed by atoms with Crippen LogP contribution in [-0.4, -0.2) is 15.0 Å². The number of aromatic nitrogens is 3. The maximum atomic E-state index is 11.1. The van der Waals surface area contributed by atoms with Gasteiger partial charge in [0.2, 0.25) is 0 Å². The van der Waals surface area contributed by atoms with Crippen molar-refractivity contribution in [1.29, 1.82) is 0 Å². The lowest BCUT2D eigenvalue weighted by Crippen LogP contribution is -2.20. The van der Waals surface area contributed by atoms with E-state index in [1.807, 2.05) is 0 Å². The van der Waals surface area contributed by atoms with Gasteiger partial charge in [-0.15, -0.1) is 28.3 Å². The molecule has 0 radical (unpaired) electrons. The molecule has 0 aromatic carbocycles. The van der Waals surface area contributed by atoms with Gasteiger partial charge in [0.05, 0.1) is 5.01 Å². The monoisotopic (exact) mass is 263 g/mol. The number of nitrogens with one attached hydrogen (secondary N) is 2. The number of nitrogens with zero attached hydrogens (tertiary/aromatic N) is 1. The zero-order chi connectivity index (χ0) is 8.72. The molecule has 2 rings (SSSR count).